The number of rotatable bonds is 6. The van der Waals surface area contributed by atoms with E-state index >= 15 is 0 Å². The van der Waals surface area contributed by atoms with Gasteiger partial charge in [-0.05, 0) is 55.5 Å². The maximum absolute atomic E-state index is 11.5. The third-order valence-corrected chi connectivity index (χ3v) is 4.85. The first-order valence-electron chi connectivity index (χ1n) is 10.2. The molecule has 0 aliphatic heterocycles. The number of carbonyl (C=O) groups excluding carboxylic acids is 1. The van der Waals surface area contributed by atoms with Crippen LogP contribution in [0.1, 0.15) is 13.8 Å². The lowest BCUT2D eigenvalue weighted by Gasteiger charge is -2.10. The average Bonchev–Trinajstić information content (AvgIpc) is 3.22. The van der Waals surface area contributed by atoms with E-state index in [4.69, 9.17) is 9.72 Å². The molecule has 0 saturated carbocycles. The molecule has 4 aromatic rings. The molecule has 0 saturated heterocycles. The molecule has 3 aromatic carbocycles. The van der Waals surface area contributed by atoms with Crippen molar-refractivity contribution in [2.75, 3.05) is 11.9 Å². The zero-order valence-electron chi connectivity index (χ0n) is 17.7. The van der Waals surface area contributed by atoms with E-state index in [1.54, 1.807) is 24.3 Å². The number of para-hydroxylation sites is 1. The number of phenolic OH excluding ortho intramolecular Hbond substituents is 2. The monoisotopic (exact) mass is 429 g/mol. The molecule has 1 amide bonds. The van der Waals surface area contributed by atoms with Gasteiger partial charge in [0.05, 0.1) is 12.3 Å². The van der Waals surface area contributed by atoms with Gasteiger partial charge in [0.1, 0.15) is 11.6 Å². The molecule has 0 fully saturated rings. The predicted molar refractivity (Wildman–Crippen MR) is 123 cm³/mol. The Balaban J connectivity index is 1.86. The van der Waals surface area contributed by atoms with Crippen molar-refractivity contribution in [2.45, 2.75) is 13.8 Å². The highest BCUT2D eigenvalue weighted by molar-refractivity contribution is 5.90. The molecule has 4 rings (SSSR count). The fourth-order valence-electron chi connectivity index (χ4n) is 3.46. The van der Waals surface area contributed by atoms with Crippen LogP contribution >= 0.6 is 0 Å². The Morgan fingerprint density at radius 1 is 1.03 bits per heavy atom. The van der Waals surface area contributed by atoms with Crippen LogP contribution < -0.4 is 10.1 Å². The third-order valence-electron chi connectivity index (χ3n) is 4.85. The largest absolute Gasteiger partial charge is 0.507 e. The number of aromatic nitrogens is 2. The molecule has 0 spiro atoms. The zero-order chi connectivity index (χ0) is 22.7. The van der Waals surface area contributed by atoms with Crippen LogP contribution in [0.15, 0.2) is 72.9 Å². The molecule has 1 aromatic heterocycles. The highest BCUT2D eigenvalue weighted by Gasteiger charge is 2.17. The van der Waals surface area contributed by atoms with Crippen molar-refractivity contribution in [1.29, 1.82) is 0 Å². The Bertz CT molecular complexity index is 1270. The number of nitrogens with one attached hydrogen (secondary N) is 1. The van der Waals surface area contributed by atoms with E-state index in [-0.39, 0.29) is 17.4 Å². The fraction of sp³-hybridized carbons (Fsp3) is 0.120. The SMILES string of the molecule is CCOc1ccc(-c2nc(-c3cc(NC(C)=O)ccc3O)cn2-c2ccccc2)cc1O. The maximum atomic E-state index is 11.5. The lowest BCUT2D eigenvalue weighted by molar-refractivity contribution is -0.114. The molecule has 1 heterocycles. The van der Waals surface area contributed by atoms with Gasteiger partial charge >= 0.3 is 0 Å². The van der Waals surface area contributed by atoms with Crippen molar-refractivity contribution in [1.82, 2.24) is 9.55 Å². The Hall–Kier alpha value is -4.26. The first-order chi connectivity index (χ1) is 15.5. The van der Waals surface area contributed by atoms with Crippen molar-refractivity contribution >= 4 is 11.6 Å². The summed E-state index contributed by atoms with van der Waals surface area (Å²) in [6.45, 7) is 3.72. The van der Waals surface area contributed by atoms with E-state index in [9.17, 15) is 15.0 Å². The van der Waals surface area contributed by atoms with E-state index in [0.717, 1.165) is 5.69 Å². The summed E-state index contributed by atoms with van der Waals surface area (Å²) in [4.78, 5) is 16.2. The summed E-state index contributed by atoms with van der Waals surface area (Å²) in [5.41, 5.74) is 3.09. The van der Waals surface area contributed by atoms with Gasteiger partial charge in [-0.1, -0.05) is 18.2 Å². The Morgan fingerprint density at radius 3 is 2.50 bits per heavy atom. The summed E-state index contributed by atoms with van der Waals surface area (Å²) in [7, 11) is 0. The predicted octanol–water partition coefficient (Wildman–Crippen LogP) is 4.97. The van der Waals surface area contributed by atoms with Gasteiger partial charge in [-0.3, -0.25) is 9.36 Å². The number of phenols is 2. The van der Waals surface area contributed by atoms with Gasteiger partial charge in [-0.2, -0.15) is 0 Å². The van der Waals surface area contributed by atoms with Gasteiger partial charge < -0.3 is 20.3 Å². The highest BCUT2D eigenvalue weighted by atomic mass is 16.5. The molecule has 0 aliphatic carbocycles. The van der Waals surface area contributed by atoms with Crippen LogP contribution in [0.3, 0.4) is 0 Å². The van der Waals surface area contributed by atoms with Crippen molar-refractivity contribution in [2.24, 2.45) is 0 Å². The second-order valence-electron chi connectivity index (χ2n) is 7.18. The van der Waals surface area contributed by atoms with E-state index in [1.165, 1.54) is 13.0 Å². The van der Waals surface area contributed by atoms with E-state index in [0.29, 0.717) is 40.7 Å². The van der Waals surface area contributed by atoms with Gasteiger partial charge in [0.15, 0.2) is 11.5 Å². The van der Waals surface area contributed by atoms with Gasteiger partial charge in [-0.15, -0.1) is 0 Å². The molecule has 162 valence electrons. The minimum Gasteiger partial charge on any atom is -0.507 e. The van der Waals surface area contributed by atoms with Crippen LogP contribution in [0.5, 0.6) is 17.2 Å². The minimum absolute atomic E-state index is 0.0176. The molecule has 7 heteroatoms. The molecule has 0 aliphatic rings. The second kappa shape index (κ2) is 8.85. The molecule has 7 nitrogen and oxygen atoms in total. The van der Waals surface area contributed by atoms with Crippen LogP contribution in [-0.4, -0.2) is 32.3 Å². The van der Waals surface area contributed by atoms with Crippen molar-refractivity contribution in [3.63, 3.8) is 0 Å². The van der Waals surface area contributed by atoms with Crippen molar-refractivity contribution in [3.8, 4) is 45.6 Å². The van der Waals surface area contributed by atoms with Crippen molar-refractivity contribution < 1.29 is 19.7 Å². The summed E-state index contributed by atoms with van der Waals surface area (Å²) >= 11 is 0. The Kier molecular flexibility index (Phi) is 5.81. The van der Waals surface area contributed by atoms with E-state index in [2.05, 4.69) is 5.32 Å². The molecule has 0 unspecified atom stereocenters. The number of ether oxygens (including phenoxy) is 1. The third kappa shape index (κ3) is 4.27. The standard InChI is InChI=1S/C25H23N3O4/c1-3-32-24-12-9-17(13-23(24)31)25-27-21(15-28(25)19-7-5-4-6-8-19)20-14-18(26-16(2)29)10-11-22(20)30/h4-15,30-31H,3H2,1-2H3,(H,26,29). The van der Waals surface area contributed by atoms with Gasteiger partial charge in [-0.25, -0.2) is 4.98 Å². The van der Waals surface area contributed by atoms with Crippen LogP contribution in [0.25, 0.3) is 28.3 Å². The number of hydrogen-bond donors (Lipinski definition) is 3. The summed E-state index contributed by atoms with van der Waals surface area (Å²) in [6.07, 6.45) is 1.81. The van der Waals surface area contributed by atoms with Gasteiger partial charge in [0, 0.05) is 35.6 Å². The van der Waals surface area contributed by atoms with E-state index < -0.39 is 0 Å². The number of carbonyl (C=O) groups is 1. The average molecular weight is 429 g/mol. The summed E-state index contributed by atoms with van der Waals surface area (Å²) < 4.78 is 7.32. The molecule has 32 heavy (non-hydrogen) atoms. The number of benzene rings is 3. The number of nitrogens with zero attached hydrogens (tertiary/aromatic N) is 2. The van der Waals surface area contributed by atoms with Crippen LogP contribution in [0, 0.1) is 0 Å². The maximum Gasteiger partial charge on any atom is 0.221 e. The molecule has 0 radical (unpaired) electrons. The minimum atomic E-state index is -0.206. The second-order valence-corrected chi connectivity index (χ2v) is 7.18. The smallest absolute Gasteiger partial charge is 0.221 e. The fourth-order valence-corrected chi connectivity index (χ4v) is 3.46. The first-order valence-corrected chi connectivity index (χ1v) is 10.2. The first kappa shape index (κ1) is 21.0. The number of anilines is 1. The molecular weight excluding hydrogens is 406 g/mol. The number of amides is 1. The quantitative estimate of drug-likeness (QED) is 0.376. The lowest BCUT2D eigenvalue weighted by Crippen LogP contribution is -2.05. The molecule has 0 bridgehead atoms. The molecular formula is C25H23N3O4. The Labute approximate surface area is 185 Å². The number of aromatic hydroxyl groups is 2. The molecule has 0 atom stereocenters. The van der Waals surface area contributed by atoms with Crippen molar-refractivity contribution in [3.05, 3.63) is 72.9 Å². The Morgan fingerprint density at radius 2 is 1.81 bits per heavy atom. The zero-order valence-corrected chi connectivity index (χ0v) is 17.7. The normalized spacial score (nSPS) is 10.7. The van der Waals surface area contributed by atoms with Crippen LogP contribution in [-0.2, 0) is 4.79 Å². The highest BCUT2D eigenvalue weighted by Crippen LogP contribution is 2.36. The van der Waals surface area contributed by atoms with Crippen LogP contribution in [0.2, 0.25) is 0 Å². The van der Waals surface area contributed by atoms with E-state index in [1.807, 2.05) is 54.1 Å². The van der Waals surface area contributed by atoms with Crippen LogP contribution in [0.4, 0.5) is 5.69 Å². The van der Waals surface area contributed by atoms with Gasteiger partial charge in [0.25, 0.3) is 0 Å². The lowest BCUT2D eigenvalue weighted by atomic mass is 10.1. The summed E-state index contributed by atoms with van der Waals surface area (Å²) in [5.74, 6) is 0.827. The molecule has 3 N–H and O–H groups in total. The number of imidazole rings is 1. The van der Waals surface area contributed by atoms with Gasteiger partial charge in [0.2, 0.25) is 5.91 Å². The summed E-state index contributed by atoms with van der Waals surface area (Å²) in [6, 6.07) is 19.6. The number of hydrogen-bond acceptors (Lipinski definition) is 5. The topological polar surface area (TPSA) is 96.6 Å². The summed E-state index contributed by atoms with van der Waals surface area (Å²) in [5, 5.41) is 23.6.